The van der Waals surface area contributed by atoms with Crippen molar-refractivity contribution in [2.45, 2.75) is 6.10 Å². The van der Waals surface area contributed by atoms with Gasteiger partial charge in [0.15, 0.2) is 0 Å². The predicted molar refractivity (Wildman–Crippen MR) is 49.4 cm³/mol. The average Bonchev–Trinajstić information content (AvgIpc) is 2.60. The van der Waals surface area contributed by atoms with E-state index in [9.17, 15) is 9.90 Å². The fourth-order valence-corrected chi connectivity index (χ4v) is 1.44. The summed E-state index contributed by atoms with van der Waals surface area (Å²) in [4.78, 5) is 13.4. The quantitative estimate of drug-likeness (QED) is 0.756. The Bertz CT molecular complexity index is 475. The van der Waals surface area contributed by atoms with Gasteiger partial charge in [0, 0.05) is 22.7 Å². The van der Waals surface area contributed by atoms with Gasteiger partial charge in [-0.3, -0.25) is 0 Å². The number of carbonyl (C=O) groups is 1. The molecular formula is C10H8NO3. The molecule has 1 radical (unpaired) electrons. The maximum Gasteiger partial charge on any atom is 0.341 e. The molecule has 0 saturated carbocycles. The lowest BCUT2D eigenvalue weighted by atomic mass is 10.1. The number of carboxylic acid groups (broad SMARTS) is 1. The van der Waals surface area contributed by atoms with E-state index in [0.717, 1.165) is 5.52 Å². The Morgan fingerprint density at radius 3 is 2.79 bits per heavy atom. The van der Waals surface area contributed by atoms with Crippen LogP contribution in [0.25, 0.3) is 10.9 Å². The number of hydrogen-bond acceptors (Lipinski definition) is 1. The standard InChI is InChI=1S/C10H8NO3/c12-9(10(13)14)7-5-11-8-4-2-1-3-6(7)8/h1-5,9,11H,(H,13,14). The SMILES string of the molecule is [O]C(C(=O)O)c1c[nH]c2ccccc12. The third-order valence-electron chi connectivity index (χ3n) is 2.13. The van der Waals surface area contributed by atoms with Gasteiger partial charge in [-0.05, 0) is 6.07 Å². The minimum Gasteiger partial charge on any atom is -0.479 e. The number of aliphatic carboxylic acids is 1. The van der Waals surface area contributed by atoms with E-state index < -0.39 is 12.1 Å². The summed E-state index contributed by atoms with van der Waals surface area (Å²) < 4.78 is 0. The molecule has 4 nitrogen and oxygen atoms in total. The van der Waals surface area contributed by atoms with Crippen LogP contribution in [0.1, 0.15) is 11.7 Å². The lowest BCUT2D eigenvalue weighted by Crippen LogP contribution is -2.08. The van der Waals surface area contributed by atoms with E-state index in [1.165, 1.54) is 6.20 Å². The minimum atomic E-state index is -1.72. The van der Waals surface area contributed by atoms with Gasteiger partial charge in [-0.25, -0.2) is 9.90 Å². The number of para-hydroxylation sites is 1. The molecule has 1 atom stereocenters. The van der Waals surface area contributed by atoms with Crippen molar-refractivity contribution in [3.8, 4) is 0 Å². The number of rotatable bonds is 2. The second-order valence-corrected chi connectivity index (χ2v) is 3.01. The molecule has 14 heavy (non-hydrogen) atoms. The van der Waals surface area contributed by atoms with Gasteiger partial charge in [0.2, 0.25) is 6.10 Å². The lowest BCUT2D eigenvalue weighted by Gasteiger charge is -1.99. The Hall–Kier alpha value is -1.81. The molecule has 0 aliphatic carbocycles. The van der Waals surface area contributed by atoms with Crippen LogP contribution in [0.2, 0.25) is 0 Å². The summed E-state index contributed by atoms with van der Waals surface area (Å²) in [6, 6.07) is 7.12. The van der Waals surface area contributed by atoms with Gasteiger partial charge in [-0.15, -0.1) is 0 Å². The summed E-state index contributed by atoms with van der Waals surface area (Å²) in [7, 11) is 0. The van der Waals surface area contributed by atoms with Crippen molar-refractivity contribution in [1.82, 2.24) is 4.98 Å². The molecular weight excluding hydrogens is 182 g/mol. The molecule has 0 saturated heterocycles. The number of aromatic nitrogens is 1. The summed E-state index contributed by atoms with van der Waals surface area (Å²) in [5.74, 6) is -1.35. The first kappa shape index (κ1) is 8.77. The molecule has 0 spiro atoms. The molecule has 0 fully saturated rings. The van der Waals surface area contributed by atoms with Gasteiger partial charge >= 0.3 is 5.97 Å². The van der Waals surface area contributed by atoms with Crippen molar-refractivity contribution in [2.75, 3.05) is 0 Å². The first-order valence-electron chi connectivity index (χ1n) is 4.15. The molecule has 0 aliphatic heterocycles. The smallest absolute Gasteiger partial charge is 0.341 e. The van der Waals surface area contributed by atoms with Crippen LogP contribution in [-0.4, -0.2) is 16.1 Å². The Kier molecular flexibility index (Phi) is 1.98. The van der Waals surface area contributed by atoms with Gasteiger partial charge in [0.1, 0.15) is 0 Å². The molecule has 2 rings (SSSR count). The molecule has 71 valence electrons. The van der Waals surface area contributed by atoms with E-state index in [1.807, 2.05) is 6.07 Å². The fourth-order valence-electron chi connectivity index (χ4n) is 1.44. The van der Waals surface area contributed by atoms with Gasteiger partial charge in [0.25, 0.3) is 0 Å². The van der Waals surface area contributed by atoms with Crippen molar-refractivity contribution in [3.05, 3.63) is 36.0 Å². The van der Waals surface area contributed by atoms with Crippen molar-refractivity contribution in [1.29, 1.82) is 0 Å². The van der Waals surface area contributed by atoms with E-state index in [4.69, 9.17) is 5.11 Å². The number of fused-ring (bicyclic) bond motifs is 1. The molecule has 1 aromatic carbocycles. The van der Waals surface area contributed by atoms with Gasteiger partial charge in [-0.1, -0.05) is 18.2 Å². The minimum absolute atomic E-state index is 0.285. The highest BCUT2D eigenvalue weighted by atomic mass is 16.4. The number of carboxylic acids is 1. The van der Waals surface area contributed by atoms with Crippen LogP contribution in [0, 0.1) is 0 Å². The van der Waals surface area contributed by atoms with Gasteiger partial charge in [-0.2, -0.15) is 0 Å². The van der Waals surface area contributed by atoms with Gasteiger partial charge < -0.3 is 10.1 Å². The second kappa shape index (κ2) is 3.16. The van der Waals surface area contributed by atoms with E-state index >= 15 is 0 Å². The predicted octanol–water partition coefficient (Wildman–Crippen LogP) is 1.72. The second-order valence-electron chi connectivity index (χ2n) is 3.01. The summed E-state index contributed by atoms with van der Waals surface area (Å²) in [5, 5.41) is 20.5. The maximum absolute atomic E-state index is 11.3. The average molecular weight is 190 g/mol. The van der Waals surface area contributed by atoms with E-state index in [1.54, 1.807) is 18.2 Å². The van der Waals surface area contributed by atoms with E-state index in [2.05, 4.69) is 4.98 Å². The highest BCUT2D eigenvalue weighted by Gasteiger charge is 2.21. The normalized spacial score (nSPS) is 12.9. The summed E-state index contributed by atoms with van der Waals surface area (Å²) in [6.07, 6.45) is -0.262. The molecule has 0 amide bonds. The number of benzene rings is 1. The largest absolute Gasteiger partial charge is 0.479 e. The zero-order chi connectivity index (χ0) is 10.1. The van der Waals surface area contributed by atoms with Crippen LogP contribution in [0.4, 0.5) is 0 Å². The highest BCUT2D eigenvalue weighted by molar-refractivity contribution is 5.88. The van der Waals surface area contributed by atoms with Crippen LogP contribution in [0.3, 0.4) is 0 Å². The number of hydrogen-bond donors (Lipinski definition) is 2. The third kappa shape index (κ3) is 1.25. The Morgan fingerprint density at radius 1 is 1.36 bits per heavy atom. The molecule has 1 unspecified atom stereocenters. The lowest BCUT2D eigenvalue weighted by molar-refractivity contribution is -0.150. The fraction of sp³-hybridized carbons (Fsp3) is 0.100. The Morgan fingerprint density at radius 2 is 2.07 bits per heavy atom. The first-order chi connectivity index (χ1) is 6.70. The zero-order valence-electron chi connectivity index (χ0n) is 7.23. The topological polar surface area (TPSA) is 73.0 Å². The Balaban J connectivity index is 2.58. The molecule has 2 aromatic rings. The highest BCUT2D eigenvalue weighted by Crippen LogP contribution is 2.24. The molecule has 1 aromatic heterocycles. The molecule has 0 aliphatic rings. The first-order valence-corrected chi connectivity index (χ1v) is 4.15. The third-order valence-corrected chi connectivity index (χ3v) is 2.13. The number of H-pyrrole nitrogens is 1. The summed E-state index contributed by atoms with van der Waals surface area (Å²) in [5.41, 5.74) is 1.07. The maximum atomic E-state index is 11.3. The van der Waals surface area contributed by atoms with Crippen LogP contribution in [0.15, 0.2) is 30.5 Å². The molecule has 2 N–H and O–H groups in total. The monoisotopic (exact) mass is 190 g/mol. The molecule has 0 bridgehead atoms. The van der Waals surface area contributed by atoms with Crippen molar-refractivity contribution >= 4 is 16.9 Å². The van der Waals surface area contributed by atoms with Crippen LogP contribution >= 0.6 is 0 Å². The van der Waals surface area contributed by atoms with Crippen LogP contribution < -0.4 is 0 Å². The van der Waals surface area contributed by atoms with E-state index in [-0.39, 0.29) is 5.56 Å². The summed E-state index contributed by atoms with van der Waals surface area (Å²) >= 11 is 0. The molecule has 4 heteroatoms. The van der Waals surface area contributed by atoms with Crippen molar-refractivity contribution in [3.63, 3.8) is 0 Å². The molecule has 1 heterocycles. The summed E-state index contributed by atoms with van der Waals surface area (Å²) in [6.45, 7) is 0. The van der Waals surface area contributed by atoms with Crippen molar-refractivity contribution < 1.29 is 15.0 Å². The number of aromatic amines is 1. The number of nitrogens with one attached hydrogen (secondary N) is 1. The van der Waals surface area contributed by atoms with E-state index in [0.29, 0.717) is 5.39 Å². The zero-order valence-corrected chi connectivity index (χ0v) is 7.23. The van der Waals surface area contributed by atoms with Gasteiger partial charge in [0.05, 0.1) is 0 Å². The van der Waals surface area contributed by atoms with Crippen LogP contribution in [-0.2, 0) is 9.90 Å². The van der Waals surface area contributed by atoms with Crippen molar-refractivity contribution in [2.24, 2.45) is 0 Å². The Labute approximate surface area is 79.8 Å². The van der Waals surface area contributed by atoms with Crippen LogP contribution in [0.5, 0.6) is 0 Å².